The van der Waals surface area contributed by atoms with Crippen LogP contribution in [0.2, 0.25) is 5.02 Å². The number of rotatable bonds is 6. The first-order valence-corrected chi connectivity index (χ1v) is 7.73. The third kappa shape index (κ3) is 5.28. The standard InChI is InChI=1S/C14H17ClINO3/c1-8(2)5-9(14(19)20)7-17-13(18)11-6-10(15)3-4-12(11)16/h3-4,6,8-9H,5,7H2,1-2H3,(H,17,18)(H,19,20). The number of benzene rings is 1. The van der Waals surface area contributed by atoms with Gasteiger partial charge in [-0.15, -0.1) is 0 Å². The van der Waals surface area contributed by atoms with Crippen LogP contribution >= 0.6 is 34.2 Å². The number of carbonyl (C=O) groups excluding carboxylic acids is 1. The predicted molar refractivity (Wildman–Crippen MR) is 87.1 cm³/mol. The first-order valence-electron chi connectivity index (χ1n) is 6.27. The lowest BCUT2D eigenvalue weighted by atomic mass is 9.97. The van der Waals surface area contributed by atoms with Gasteiger partial charge in [-0.2, -0.15) is 0 Å². The molecule has 2 N–H and O–H groups in total. The number of carboxylic acids is 1. The minimum absolute atomic E-state index is 0.120. The van der Waals surface area contributed by atoms with Crippen LogP contribution in [0.3, 0.4) is 0 Å². The molecule has 1 unspecified atom stereocenters. The zero-order valence-electron chi connectivity index (χ0n) is 11.3. The summed E-state index contributed by atoms with van der Waals surface area (Å²) < 4.78 is 0.778. The Balaban J connectivity index is 2.70. The molecule has 4 nitrogen and oxygen atoms in total. The number of halogens is 2. The van der Waals surface area contributed by atoms with Gasteiger partial charge >= 0.3 is 5.97 Å². The van der Waals surface area contributed by atoms with E-state index < -0.39 is 11.9 Å². The van der Waals surface area contributed by atoms with Gasteiger partial charge in [-0.1, -0.05) is 25.4 Å². The molecule has 0 aromatic heterocycles. The van der Waals surface area contributed by atoms with Gasteiger partial charge in [-0.05, 0) is 53.1 Å². The second kappa shape index (κ2) is 7.83. The average molecular weight is 410 g/mol. The van der Waals surface area contributed by atoms with Crippen molar-refractivity contribution < 1.29 is 14.7 Å². The Morgan fingerprint density at radius 3 is 2.60 bits per heavy atom. The van der Waals surface area contributed by atoms with Crippen LogP contribution in [0.25, 0.3) is 0 Å². The molecule has 1 atom stereocenters. The molecule has 1 amide bonds. The summed E-state index contributed by atoms with van der Waals surface area (Å²) in [6.45, 7) is 4.03. The fourth-order valence-corrected chi connectivity index (χ4v) is 2.58. The maximum absolute atomic E-state index is 12.1. The second-order valence-corrected chi connectivity index (χ2v) is 6.60. The lowest BCUT2D eigenvalue weighted by Crippen LogP contribution is -2.34. The lowest BCUT2D eigenvalue weighted by molar-refractivity contribution is -0.142. The summed E-state index contributed by atoms with van der Waals surface area (Å²) in [6, 6.07) is 5.04. The summed E-state index contributed by atoms with van der Waals surface area (Å²) in [5, 5.41) is 12.3. The highest BCUT2D eigenvalue weighted by Crippen LogP contribution is 2.18. The molecule has 0 aliphatic rings. The molecule has 1 rings (SSSR count). The van der Waals surface area contributed by atoms with Crippen molar-refractivity contribution in [2.75, 3.05) is 6.54 Å². The Bertz CT molecular complexity index is 505. The van der Waals surface area contributed by atoms with E-state index in [4.69, 9.17) is 16.7 Å². The number of carbonyl (C=O) groups is 2. The molecule has 1 aromatic carbocycles. The third-order valence-electron chi connectivity index (χ3n) is 2.79. The molecule has 0 bridgehead atoms. The molecular weight excluding hydrogens is 393 g/mol. The van der Waals surface area contributed by atoms with Gasteiger partial charge in [0, 0.05) is 15.1 Å². The molecule has 6 heteroatoms. The van der Waals surface area contributed by atoms with E-state index in [1.807, 2.05) is 36.4 Å². The molecule has 0 spiro atoms. The molecule has 1 aromatic rings. The van der Waals surface area contributed by atoms with Gasteiger partial charge < -0.3 is 10.4 Å². The Morgan fingerprint density at radius 1 is 1.40 bits per heavy atom. The third-order valence-corrected chi connectivity index (χ3v) is 3.96. The molecular formula is C14H17ClINO3. The van der Waals surface area contributed by atoms with Gasteiger partial charge in [0.15, 0.2) is 0 Å². The van der Waals surface area contributed by atoms with E-state index in [2.05, 4.69) is 5.32 Å². The van der Waals surface area contributed by atoms with Gasteiger partial charge in [0.2, 0.25) is 0 Å². The summed E-state index contributed by atoms with van der Waals surface area (Å²) in [5.41, 5.74) is 0.465. The Hall–Kier alpha value is -0.820. The molecule has 0 radical (unpaired) electrons. The first kappa shape index (κ1) is 17.2. The Morgan fingerprint density at radius 2 is 2.05 bits per heavy atom. The lowest BCUT2D eigenvalue weighted by Gasteiger charge is -2.15. The number of aliphatic carboxylic acids is 1. The highest BCUT2D eigenvalue weighted by Gasteiger charge is 2.20. The van der Waals surface area contributed by atoms with Crippen molar-refractivity contribution in [1.29, 1.82) is 0 Å². The van der Waals surface area contributed by atoms with Crippen molar-refractivity contribution in [2.45, 2.75) is 20.3 Å². The number of nitrogens with one attached hydrogen (secondary N) is 1. The van der Waals surface area contributed by atoms with E-state index >= 15 is 0 Å². The molecule has 0 heterocycles. The molecule has 110 valence electrons. The van der Waals surface area contributed by atoms with Crippen molar-refractivity contribution in [3.63, 3.8) is 0 Å². The van der Waals surface area contributed by atoms with Crippen molar-refractivity contribution in [3.05, 3.63) is 32.4 Å². The van der Waals surface area contributed by atoms with Gasteiger partial charge in [-0.3, -0.25) is 9.59 Å². The SMILES string of the molecule is CC(C)CC(CNC(=O)c1cc(Cl)ccc1I)C(=O)O. The predicted octanol–water partition coefficient (Wildman–Crippen LogP) is 3.42. The fourth-order valence-electron chi connectivity index (χ4n) is 1.82. The van der Waals surface area contributed by atoms with Gasteiger partial charge in [0.1, 0.15) is 0 Å². The van der Waals surface area contributed by atoms with Gasteiger partial charge in [-0.25, -0.2) is 0 Å². The van der Waals surface area contributed by atoms with Crippen LogP contribution in [0.5, 0.6) is 0 Å². The summed E-state index contributed by atoms with van der Waals surface area (Å²) in [7, 11) is 0. The summed E-state index contributed by atoms with van der Waals surface area (Å²) in [4.78, 5) is 23.2. The van der Waals surface area contributed by atoms with Gasteiger partial charge in [0.25, 0.3) is 5.91 Å². The molecule has 0 aliphatic heterocycles. The zero-order valence-corrected chi connectivity index (χ0v) is 14.2. The number of carboxylic acid groups (broad SMARTS) is 1. The Kier molecular flexibility index (Phi) is 6.75. The van der Waals surface area contributed by atoms with Crippen LogP contribution in [0, 0.1) is 15.4 Å². The van der Waals surface area contributed by atoms with E-state index in [1.54, 1.807) is 18.2 Å². The van der Waals surface area contributed by atoms with E-state index in [-0.39, 0.29) is 18.4 Å². The molecule has 0 aliphatic carbocycles. The van der Waals surface area contributed by atoms with Crippen LogP contribution in [-0.2, 0) is 4.79 Å². The summed E-state index contributed by atoms with van der Waals surface area (Å²) in [5.74, 6) is -1.50. The van der Waals surface area contributed by atoms with Crippen molar-refractivity contribution in [3.8, 4) is 0 Å². The van der Waals surface area contributed by atoms with E-state index in [9.17, 15) is 9.59 Å². The number of hydrogen-bond donors (Lipinski definition) is 2. The van der Waals surface area contributed by atoms with Crippen LogP contribution in [0.15, 0.2) is 18.2 Å². The van der Waals surface area contributed by atoms with Gasteiger partial charge in [0.05, 0.1) is 11.5 Å². The van der Waals surface area contributed by atoms with Crippen LogP contribution < -0.4 is 5.32 Å². The van der Waals surface area contributed by atoms with E-state index in [1.165, 1.54) is 0 Å². The largest absolute Gasteiger partial charge is 0.481 e. The normalized spacial score (nSPS) is 12.2. The van der Waals surface area contributed by atoms with Crippen molar-refractivity contribution >= 4 is 46.1 Å². The van der Waals surface area contributed by atoms with E-state index in [0.717, 1.165) is 3.57 Å². The van der Waals surface area contributed by atoms with Crippen LogP contribution in [0.1, 0.15) is 30.6 Å². The van der Waals surface area contributed by atoms with E-state index in [0.29, 0.717) is 17.0 Å². The number of amides is 1. The zero-order chi connectivity index (χ0) is 15.3. The maximum Gasteiger partial charge on any atom is 0.308 e. The fraction of sp³-hybridized carbons (Fsp3) is 0.429. The topological polar surface area (TPSA) is 66.4 Å². The molecule has 20 heavy (non-hydrogen) atoms. The highest BCUT2D eigenvalue weighted by atomic mass is 127. The van der Waals surface area contributed by atoms with Crippen molar-refractivity contribution in [2.24, 2.45) is 11.8 Å². The summed E-state index contributed by atoms with van der Waals surface area (Å²) in [6.07, 6.45) is 0.530. The summed E-state index contributed by atoms with van der Waals surface area (Å²) >= 11 is 7.91. The minimum atomic E-state index is -0.889. The van der Waals surface area contributed by atoms with Crippen LogP contribution in [0.4, 0.5) is 0 Å². The second-order valence-electron chi connectivity index (χ2n) is 5.00. The average Bonchev–Trinajstić information content (AvgIpc) is 2.36. The first-order chi connectivity index (χ1) is 9.31. The molecule has 0 saturated carbocycles. The smallest absolute Gasteiger partial charge is 0.308 e. The molecule has 0 saturated heterocycles. The quantitative estimate of drug-likeness (QED) is 0.708. The highest BCUT2D eigenvalue weighted by molar-refractivity contribution is 14.1. The Labute approximate surface area is 137 Å². The monoisotopic (exact) mass is 409 g/mol. The minimum Gasteiger partial charge on any atom is -0.481 e. The molecule has 0 fully saturated rings. The van der Waals surface area contributed by atoms with Crippen LogP contribution in [-0.4, -0.2) is 23.5 Å². The van der Waals surface area contributed by atoms with Crippen molar-refractivity contribution in [1.82, 2.24) is 5.32 Å². The maximum atomic E-state index is 12.1. The number of hydrogen-bond acceptors (Lipinski definition) is 2.